The Balaban J connectivity index is 2.22. The maximum atomic E-state index is 13.0. The van der Waals surface area contributed by atoms with Gasteiger partial charge in [0.05, 0.1) is 39.6 Å². The second kappa shape index (κ2) is 7.49. The number of aromatic nitrogens is 2. The molecule has 0 bridgehead atoms. The number of benzene rings is 1. The Morgan fingerprint density at radius 2 is 1.79 bits per heavy atom. The lowest BCUT2D eigenvalue weighted by atomic mass is 10.2. The Hall–Kier alpha value is -1.33. The van der Waals surface area contributed by atoms with Crippen molar-refractivity contribution in [2.75, 3.05) is 25.2 Å². The van der Waals surface area contributed by atoms with Gasteiger partial charge in [-0.1, -0.05) is 23.2 Å². The summed E-state index contributed by atoms with van der Waals surface area (Å²) in [6, 6.07) is 1.45. The summed E-state index contributed by atoms with van der Waals surface area (Å²) in [5.74, 6) is -1.40. The zero-order valence-electron chi connectivity index (χ0n) is 14.8. The molecule has 2 aromatic rings. The lowest BCUT2D eigenvalue weighted by Gasteiger charge is -2.32. The highest BCUT2D eigenvalue weighted by Crippen LogP contribution is 2.41. The first-order chi connectivity index (χ1) is 13.0. The topological polar surface area (TPSA) is 79.4 Å². The van der Waals surface area contributed by atoms with Gasteiger partial charge in [-0.25, -0.2) is 4.68 Å². The Bertz CT molecular complexity index is 920. The molecule has 28 heavy (non-hydrogen) atoms. The molecule has 6 nitrogen and oxygen atoms in total. The summed E-state index contributed by atoms with van der Waals surface area (Å²) < 4.78 is 63.7. The predicted octanol–water partition coefficient (Wildman–Crippen LogP) is 4.13. The lowest BCUT2D eigenvalue weighted by molar-refractivity contribution is -0.268. The third-order valence-corrected chi connectivity index (χ3v) is 5.75. The first kappa shape index (κ1) is 21.4. The Kier molecular flexibility index (Phi) is 5.72. The highest BCUT2D eigenvalue weighted by molar-refractivity contribution is 7.84. The van der Waals surface area contributed by atoms with Gasteiger partial charge in [0.25, 0.3) is 0 Å². The van der Waals surface area contributed by atoms with Crippen molar-refractivity contribution in [3.63, 3.8) is 0 Å². The van der Waals surface area contributed by atoms with Crippen LogP contribution in [-0.2, 0) is 32.2 Å². The fourth-order valence-electron chi connectivity index (χ4n) is 2.87. The van der Waals surface area contributed by atoms with Gasteiger partial charge >= 0.3 is 6.18 Å². The van der Waals surface area contributed by atoms with Crippen LogP contribution in [0.1, 0.15) is 24.6 Å². The van der Waals surface area contributed by atoms with Crippen molar-refractivity contribution in [1.29, 1.82) is 0 Å². The van der Waals surface area contributed by atoms with Gasteiger partial charge in [-0.3, -0.25) is 4.21 Å². The first-order valence-electron chi connectivity index (χ1n) is 8.02. The minimum Gasteiger partial charge on any atom is -0.383 e. The molecular formula is C16H16Cl2F3N3O3S. The Labute approximate surface area is 171 Å². The number of hydrogen-bond donors (Lipinski definition) is 1. The number of rotatable bonds is 3. The van der Waals surface area contributed by atoms with Crippen molar-refractivity contribution in [3.05, 3.63) is 33.4 Å². The van der Waals surface area contributed by atoms with E-state index < -0.39 is 28.3 Å². The van der Waals surface area contributed by atoms with Crippen molar-refractivity contribution in [2.24, 2.45) is 0 Å². The number of anilines is 1. The van der Waals surface area contributed by atoms with Crippen molar-refractivity contribution in [2.45, 2.75) is 30.2 Å². The summed E-state index contributed by atoms with van der Waals surface area (Å²) in [5.41, 5.74) is 5.20. The highest BCUT2D eigenvalue weighted by Gasteiger charge is 2.40. The molecule has 1 aliphatic rings. The third kappa shape index (κ3) is 3.76. The van der Waals surface area contributed by atoms with E-state index in [1.807, 2.05) is 0 Å². The number of nitrogens with two attached hydrogens (primary N) is 1. The zero-order valence-corrected chi connectivity index (χ0v) is 17.1. The van der Waals surface area contributed by atoms with Crippen molar-refractivity contribution in [3.8, 4) is 5.69 Å². The van der Waals surface area contributed by atoms with E-state index in [0.29, 0.717) is 19.6 Å². The SMILES string of the molecule is CS(=O)c1c(C2(C)OCCCO2)nn(-c2c(Cl)cc(C(F)(F)F)cc2Cl)c1N. The van der Waals surface area contributed by atoms with Crippen molar-refractivity contribution < 1.29 is 26.9 Å². The number of alkyl halides is 3. The number of ether oxygens (including phenoxy) is 2. The van der Waals surface area contributed by atoms with E-state index in [1.165, 1.54) is 6.26 Å². The molecular weight excluding hydrogens is 442 g/mol. The molecule has 0 spiro atoms. The molecule has 1 unspecified atom stereocenters. The van der Waals surface area contributed by atoms with Crippen LogP contribution < -0.4 is 5.73 Å². The van der Waals surface area contributed by atoms with Crippen LogP contribution in [0.2, 0.25) is 10.0 Å². The molecule has 1 fully saturated rings. The second-order valence-corrected chi connectivity index (χ2v) is 8.34. The summed E-state index contributed by atoms with van der Waals surface area (Å²) in [5, 5.41) is 3.68. The van der Waals surface area contributed by atoms with Crippen LogP contribution in [0.5, 0.6) is 0 Å². The number of hydrogen-bond acceptors (Lipinski definition) is 5. The molecule has 2 heterocycles. The van der Waals surface area contributed by atoms with Crippen LogP contribution in [0, 0.1) is 0 Å². The van der Waals surface area contributed by atoms with Crippen LogP contribution in [-0.4, -0.2) is 33.5 Å². The first-order valence-corrected chi connectivity index (χ1v) is 10.3. The van der Waals surface area contributed by atoms with Crippen LogP contribution in [0.3, 0.4) is 0 Å². The number of nitrogens with zero attached hydrogens (tertiary/aromatic N) is 2. The monoisotopic (exact) mass is 457 g/mol. The summed E-state index contributed by atoms with van der Waals surface area (Å²) in [4.78, 5) is 0.136. The number of halogens is 5. The summed E-state index contributed by atoms with van der Waals surface area (Å²) in [7, 11) is -1.60. The van der Waals surface area contributed by atoms with Gasteiger partial charge in [0.15, 0.2) is 0 Å². The van der Waals surface area contributed by atoms with E-state index in [0.717, 1.165) is 16.8 Å². The smallest absolute Gasteiger partial charge is 0.383 e. The van der Waals surface area contributed by atoms with Gasteiger partial charge in [-0.15, -0.1) is 0 Å². The average molecular weight is 458 g/mol. The molecule has 0 amide bonds. The highest BCUT2D eigenvalue weighted by atomic mass is 35.5. The number of nitrogen functional groups attached to an aromatic ring is 1. The molecule has 154 valence electrons. The van der Waals surface area contributed by atoms with Crippen LogP contribution >= 0.6 is 23.2 Å². The fraction of sp³-hybridized carbons (Fsp3) is 0.438. The van der Waals surface area contributed by atoms with Gasteiger partial charge in [-0.2, -0.15) is 18.3 Å². The quantitative estimate of drug-likeness (QED) is 0.749. The van der Waals surface area contributed by atoms with Crippen LogP contribution in [0.25, 0.3) is 5.69 Å². The standard InChI is InChI=1S/C16H16Cl2F3N3O3S/c1-15(26-4-3-5-27-15)13-12(28(2)25)14(22)24(23-13)11-9(17)6-8(7-10(11)18)16(19,20)21/h6-7H,3-5,22H2,1-2H3. The summed E-state index contributed by atoms with van der Waals surface area (Å²) >= 11 is 12.1. The van der Waals surface area contributed by atoms with E-state index in [2.05, 4.69) is 5.10 Å². The van der Waals surface area contributed by atoms with E-state index in [9.17, 15) is 17.4 Å². The molecule has 0 saturated carbocycles. The molecule has 1 aliphatic heterocycles. The maximum Gasteiger partial charge on any atom is 0.416 e. The lowest BCUT2D eigenvalue weighted by Crippen LogP contribution is -2.36. The van der Waals surface area contributed by atoms with Crippen LogP contribution in [0.15, 0.2) is 17.0 Å². The largest absolute Gasteiger partial charge is 0.416 e. The molecule has 1 saturated heterocycles. The van der Waals surface area contributed by atoms with E-state index in [4.69, 9.17) is 38.4 Å². The van der Waals surface area contributed by atoms with E-state index in [-0.39, 0.29) is 32.1 Å². The normalized spacial score (nSPS) is 18.2. The van der Waals surface area contributed by atoms with Crippen LogP contribution in [0.4, 0.5) is 19.0 Å². The van der Waals surface area contributed by atoms with Gasteiger partial charge in [-0.05, 0) is 25.5 Å². The maximum absolute atomic E-state index is 13.0. The van der Waals surface area contributed by atoms with Gasteiger partial charge in [0.1, 0.15) is 22.1 Å². The zero-order chi connectivity index (χ0) is 20.9. The summed E-state index contributed by atoms with van der Waals surface area (Å²) in [6.45, 7) is 2.38. The third-order valence-electron chi connectivity index (χ3n) is 4.19. The molecule has 0 aliphatic carbocycles. The molecule has 1 aromatic carbocycles. The molecule has 3 rings (SSSR count). The van der Waals surface area contributed by atoms with Gasteiger partial charge in [0.2, 0.25) is 5.79 Å². The van der Waals surface area contributed by atoms with Crippen molar-refractivity contribution >= 4 is 39.8 Å². The van der Waals surface area contributed by atoms with E-state index >= 15 is 0 Å². The predicted molar refractivity (Wildman–Crippen MR) is 99.2 cm³/mol. The Morgan fingerprint density at radius 3 is 2.25 bits per heavy atom. The van der Waals surface area contributed by atoms with E-state index in [1.54, 1.807) is 6.92 Å². The Morgan fingerprint density at radius 1 is 1.25 bits per heavy atom. The fourth-order valence-corrected chi connectivity index (χ4v) is 4.40. The minimum atomic E-state index is -4.63. The molecule has 1 atom stereocenters. The second-order valence-electron chi connectivity index (χ2n) is 6.21. The summed E-state index contributed by atoms with van der Waals surface area (Å²) in [6.07, 6.45) is -2.56. The molecule has 2 N–H and O–H groups in total. The minimum absolute atomic E-state index is 0.0637. The van der Waals surface area contributed by atoms with Gasteiger partial charge < -0.3 is 15.2 Å². The molecule has 0 radical (unpaired) electrons. The van der Waals surface area contributed by atoms with Crippen molar-refractivity contribution in [1.82, 2.24) is 9.78 Å². The molecule has 12 heteroatoms. The van der Waals surface area contributed by atoms with Gasteiger partial charge in [0, 0.05) is 6.26 Å². The molecule has 1 aromatic heterocycles. The average Bonchev–Trinajstić information content (AvgIpc) is 2.92.